The molecule has 0 saturated carbocycles. The summed E-state index contributed by atoms with van der Waals surface area (Å²) in [6, 6.07) is 21.0. The summed E-state index contributed by atoms with van der Waals surface area (Å²) in [5.41, 5.74) is 2.29. The highest BCUT2D eigenvalue weighted by atomic mass is 16.5. The average Bonchev–Trinajstić information content (AvgIpc) is 3.38. The summed E-state index contributed by atoms with van der Waals surface area (Å²) in [6.45, 7) is 3.39. The van der Waals surface area contributed by atoms with E-state index >= 15 is 0 Å². The summed E-state index contributed by atoms with van der Waals surface area (Å²) >= 11 is 0. The van der Waals surface area contributed by atoms with Gasteiger partial charge in [-0.05, 0) is 29.8 Å². The Kier molecular flexibility index (Phi) is 6.81. The summed E-state index contributed by atoms with van der Waals surface area (Å²) in [5.74, 6) is 0.836. The van der Waals surface area contributed by atoms with E-state index in [4.69, 9.17) is 13.9 Å². The third-order valence-corrected chi connectivity index (χ3v) is 5.29. The molecule has 2 N–H and O–H groups in total. The maximum Gasteiger partial charge on any atom is 0.320 e. The van der Waals surface area contributed by atoms with E-state index in [9.17, 15) is 4.79 Å². The van der Waals surface area contributed by atoms with Crippen molar-refractivity contribution in [3.05, 3.63) is 84.4 Å². The van der Waals surface area contributed by atoms with Gasteiger partial charge in [-0.25, -0.2) is 4.98 Å². The molecule has 10 nitrogen and oxygen atoms in total. The van der Waals surface area contributed by atoms with Crippen molar-refractivity contribution in [2.24, 2.45) is 0 Å². The van der Waals surface area contributed by atoms with E-state index in [2.05, 4.69) is 30.7 Å². The van der Waals surface area contributed by atoms with Crippen LogP contribution in [0.15, 0.2) is 77.3 Å². The van der Waals surface area contributed by atoms with Gasteiger partial charge in [0.1, 0.15) is 18.2 Å². The maximum absolute atomic E-state index is 12.5. The van der Waals surface area contributed by atoms with E-state index in [1.165, 1.54) is 0 Å². The topological polar surface area (TPSA) is 115 Å². The fraction of sp³-hybridized carbons (Fsp3) is 0.200. The molecule has 0 radical (unpaired) electrons. The van der Waals surface area contributed by atoms with Crippen molar-refractivity contribution >= 4 is 29.1 Å². The lowest BCUT2D eigenvalue weighted by atomic mass is 10.2. The number of rotatable bonds is 8. The molecule has 10 heteroatoms. The highest BCUT2D eigenvalue weighted by Gasteiger charge is 2.17. The summed E-state index contributed by atoms with van der Waals surface area (Å²) in [4.78, 5) is 19.1. The molecule has 1 fully saturated rings. The first-order valence-electron chi connectivity index (χ1n) is 11.2. The fourth-order valence-electron chi connectivity index (χ4n) is 3.52. The molecule has 2 aromatic heterocycles. The van der Waals surface area contributed by atoms with Crippen molar-refractivity contribution in [2.75, 3.05) is 41.8 Å². The molecule has 2 aromatic carbocycles. The van der Waals surface area contributed by atoms with Gasteiger partial charge in [0.15, 0.2) is 0 Å². The van der Waals surface area contributed by atoms with Gasteiger partial charge >= 0.3 is 17.8 Å². The van der Waals surface area contributed by atoms with E-state index in [1.54, 1.807) is 12.3 Å². The van der Waals surface area contributed by atoms with Crippen molar-refractivity contribution in [3.63, 3.8) is 0 Å². The van der Waals surface area contributed by atoms with Gasteiger partial charge < -0.3 is 29.4 Å². The number of anilines is 4. The first-order chi connectivity index (χ1) is 17.2. The number of benzene rings is 2. The van der Waals surface area contributed by atoms with Crippen LogP contribution >= 0.6 is 0 Å². The van der Waals surface area contributed by atoms with Gasteiger partial charge in [-0.1, -0.05) is 41.5 Å². The van der Waals surface area contributed by atoms with Crippen LogP contribution < -0.4 is 20.3 Å². The quantitative estimate of drug-likeness (QED) is 0.394. The fourth-order valence-corrected chi connectivity index (χ4v) is 3.52. The minimum absolute atomic E-state index is 0.0937. The molecule has 0 spiro atoms. The highest BCUT2D eigenvalue weighted by Crippen LogP contribution is 2.22. The van der Waals surface area contributed by atoms with Crippen molar-refractivity contribution in [1.29, 1.82) is 0 Å². The minimum atomic E-state index is -0.522. The number of amides is 1. The molecule has 178 valence electrons. The normalized spacial score (nSPS) is 13.3. The Bertz CT molecular complexity index is 1260. The molecule has 0 atom stereocenters. The predicted molar refractivity (Wildman–Crippen MR) is 130 cm³/mol. The first kappa shape index (κ1) is 22.4. The lowest BCUT2D eigenvalue weighted by Gasteiger charge is -2.27. The Balaban J connectivity index is 1.16. The van der Waals surface area contributed by atoms with Crippen molar-refractivity contribution < 1.29 is 18.7 Å². The monoisotopic (exact) mass is 472 g/mol. The van der Waals surface area contributed by atoms with E-state index in [0.29, 0.717) is 36.9 Å². The number of nitrogens with one attached hydrogen (secondary N) is 2. The van der Waals surface area contributed by atoms with E-state index in [-0.39, 0.29) is 11.9 Å². The largest absolute Gasteiger partial charge is 0.489 e. The second-order valence-corrected chi connectivity index (χ2v) is 7.80. The molecular weight excluding hydrogens is 448 g/mol. The average molecular weight is 473 g/mol. The number of ether oxygens (including phenoxy) is 2. The second-order valence-electron chi connectivity index (χ2n) is 7.80. The molecule has 5 rings (SSSR count). The van der Waals surface area contributed by atoms with Crippen LogP contribution in [0, 0.1) is 0 Å². The lowest BCUT2D eigenvalue weighted by Crippen LogP contribution is -2.36. The van der Waals surface area contributed by atoms with Crippen LogP contribution in [-0.4, -0.2) is 47.4 Å². The zero-order valence-electron chi connectivity index (χ0n) is 18.9. The van der Waals surface area contributed by atoms with Gasteiger partial charge in [-0.2, -0.15) is 0 Å². The number of hydrogen-bond donors (Lipinski definition) is 2. The Morgan fingerprint density at radius 3 is 2.63 bits per heavy atom. The van der Waals surface area contributed by atoms with Crippen LogP contribution in [0.3, 0.4) is 0 Å². The third-order valence-electron chi connectivity index (χ3n) is 5.29. The van der Waals surface area contributed by atoms with Crippen molar-refractivity contribution in [3.8, 4) is 5.75 Å². The third kappa shape index (κ3) is 5.92. The summed E-state index contributed by atoms with van der Waals surface area (Å²) in [5, 5.41) is 13.5. The summed E-state index contributed by atoms with van der Waals surface area (Å²) < 4.78 is 16.7. The van der Waals surface area contributed by atoms with Gasteiger partial charge in [0.2, 0.25) is 0 Å². The number of nitrogens with zero attached hydrogens (tertiary/aromatic N) is 4. The number of carbonyl (C=O) groups is 1. The van der Waals surface area contributed by atoms with Crippen molar-refractivity contribution in [1.82, 2.24) is 15.2 Å². The van der Waals surface area contributed by atoms with Gasteiger partial charge in [0, 0.05) is 24.8 Å². The van der Waals surface area contributed by atoms with Crippen LogP contribution in [0.4, 0.5) is 23.2 Å². The van der Waals surface area contributed by atoms with Gasteiger partial charge in [-0.3, -0.25) is 4.79 Å². The van der Waals surface area contributed by atoms with Gasteiger partial charge in [-0.15, -0.1) is 5.10 Å². The molecule has 3 heterocycles. The maximum atomic E-state index is 12.5. The van der Waals surface area contributed by atoms with E-state index in [1.807, 2.05) is 60.7 Å². The number of hydrogen-bond acceptors (Lipinski definition) is 9. The molecule has 35 heavy (non-hydrogen) atoms. The zero-order valence-corrected chi connectivity index (χ0v) is 18.9. The smallest absolute Gasteiger partial charge is 0.320 e. The number of morpholine rings is 1. The Hall–Kier alpha value is -4.44. The van der Waals surface area contributed by atoms with Gasteiger partial charge in [0.25, 0.3) is 0 Å². The second kappa shape index (κ2) is 10.7. The highest BCUT2D eigenvalue weighted by molar-refractivity contribution is 6.00. The number of carbonyl (C=O) groups excluding carboxylic acids is 1. The zero-order chi connectivity index (χ0) is 23.9. The number of aromatic nitrogens is 3. The molecular formula is C25H24N6O4. The predicted octanol–water partition coefficient (Wildman–Crippen LogP) is 3.88. The van der Waals surface area contributed by atoms with E-state index in [0.717, 1.165) is 24.5 Å². The Labute approximate surface area is 201 Å². The number of pyridine rings is 1. The molecule has 1 aliphatic rings. The van der Waals surface area contributed by atoms with Crippen LogP contribution in [0.5, 0.6) is 5.75 Å². The van der Waals surface area contributed by atoms with Crippen LogP contribution in [0.1, 0.15) is 16.2 Å². The van der Waals surface area contributed by atoms with Crippen LogP contribution in [0.25, 0.3) is 0 Å². The van der Waals surface area contributed by atoms with E-state index < -0.39 is 5.91 Å². The molecule has 1 saturated heterocycles. The summed E-state index contributed by atoms with van der Waals surface area (Å²) in [7, 11) is 0. The minimum Gasteiger partial charge on any atom is -0.489 e. The van der Waals surface area contributed by atoms with Crippen LogP contribution in [0.2, 0.25) is 0 Å². The van der Waals surface area contributed by atoms with Crippen molar-refractivity contribution in [2.45, 2.75) is 6.61 Å². The molecule has 1 aliphatic heterocycles. The molecule has 0 unspecified atom stereocenters. The first-order valence-corrected chi connectivity index (χ1v) is 11.2. The van der Waals surface area contributed by atoms with Crippen LogP contribution in [-0.2, 0) is 11.3 Å². The Morgan fingerprint density at radius 1 is 0.971 bits per heavy atom. The lowest BCUT2D eigenvalue weighted by molar-refractivity contribution is 0.0991. The Morgan fingerprint density at radius 2 is 1.83 bits per heavy atom. The molecule has 1 amide bonds. The van der Waals surface area contributed by atoms with Gasteiger partial charge in [0.05, 0.1) is 25.1 Å². The molecule has 0 bridgehead atoms. The molecule has 4 aromatic rings. The summed E-state index contributed by atoms with van der Waals surface area (Å²) in [6.07, 6.45) is 1.60. The molecule has 0 aliphatic carbocycles. The SMILES string of the molecule is O=C(Nc1ccc(N2CCOCC2)nc1)c1nnc(Nc2cccc(OCc3ccccc3)c2)o1. The standard InChI is InChI=1S/C25H24N6O4/c32-23(27-20-9-10-22(26-16-20)31-11-13-33-14-12-31)24-29-30-25(35-24)28-19-7-4-8-21(15-19)34-17-18-5-2-1-3-6-18/h1-10,15-16H,11-14,17H2,(H,27,32)(H,28,30).